The van der Waals surface area contributed by atoms with Crippen LogP contribution in [-0.4, -0.2) is 6.71 Å². The molecule has 5 heterocycles. The lowest BCUT2D eigenvalue weighted by Crippen LogP contribution is -2.61. The zero-order valence-electron chi connectivity index (χ0n) is 50.5. The second kappa shape index (κ2) is 15.2. The fourth-order valence-corrected chi connectivity index (χ4v) is 16.9. The first kappa shape index (κ1) is 50.0. The molecule has 0 amide bonds. The highest BCUT2D eigenvalue weighted by atomic mass is 16.3. The molecule has 0 saturated heterocycles. The van der Waals surface area contributed by atoms with E-state index in [1.807, 2.05) is 0 Å². The van der Waals surface area contributed by atoms with Gasteiger partial charge in [-0.25, -0.2) is 0 Å². The van der Waals surface area contributed by atoms with E-state index in [0.717, 1.165) is 44.2 Å². The van der Waals surface area contributed by atoms with Gasteiger partial charge in [0.2, 0.25) is 0 Å². The standard InChI is InChI=1S/C73H87BN2O/c1-65(2,3)44-35-58-61-59(36-44)76-56-40-53-51(68(8,9)28-29-69(53,10)11)38-47(56)43-22-24-46-42(34-43)20-19-21-48(46)73(18)33-32-70(12,13)52-39-55(57(76)41-54(52)73)74(61)64-62(60-63(77-64)72(16,17)31-30-71(60,14)15)75(58)45-23-25-49-50(37-45)67(6,7)27-26-66(49,4)5/h19-21,23,25,34-41H,22,24,26-33H2,1-18H3. The Labute approximate surface area is 463 Å². The Hall–Kier alpha value is -5.22. The van der Waals surface area contributed by atoms with Crippen LogP contribution in [0.1, 0.15) is 255 Å². The summed E-state index contributed by atoms with van der Waals surface area (Å²) in [5.74, 6) is 1.19. The lowest BCUT2D eigenvalue weighted by atomic mass is 9.34. The number of nitrogens with zero attached hydrogens (tertiary/aromatic N) is 2. The Morgan fingerprint density at radius 3 is 1.70 bits per heavy atom. The van der Waals surface area contributed by atoms with Crippen molar-refractivity contribution in [1.29, 1.82) is 0 Å². The number of allylic oxidation sites excluding steroid dienone is 1. The molecule has 4 heteroatoms. The van der Waals surface area contributed by atoms with Crippen LogP contribution in [0.2, 0.25) is 0 Å². The molecule has 3 nitrogen and oxygen atoms in total. The van der Waals surface area contributed by atoms with Crippen LogP contribution < -0.4 is 26.4 Å². The molecular weight excluding hydrogens is 932 g/mol. The SMILES string of the molecule is CC(C)(C)c1cc2c3c(c1)N(c1ccc4c(c1)C(C)(C)CCC4(C)C)c1c(oc4c1C(C)(C)CCC4(C)C)B3c1cc3c4cc1N2c1cc2c(cc1C1=Cc5cccc(c5CC1)C4(C)CCC3(C)C)C(C)(C)CCC2(C)C. The number of benzene rings is 5. The van der Waals surface area contributed by atoms with Gasteiger partial charge < -0.3 is 14.2 Å². The molecule has 1 aromatic heterocycles. The van der Waals surface area contributed by atoms with Crippen molar-refractivity contribution in [3.05, 3.63) is 145 Å². The van der Waals surface area contributed by atoms with E-state index in [1.165, 1.54) is 143 Å². The van der Waals surface area contributed by atoms with Gasteiger partial charge in [-0.1, -0.05) is 161 Å². The molecule has 0 saturated carbocycles. The molecule has 398 valence electrons. The molecule has 0 N–H and O–H groups in total. The van der Waals surface area contributed by atoms with E-state index < -0.39 is 0 Å². The monoisotopic (exact) mass is 1020 g/mol. The highest BCUT2D eigenvalue weighted by Crippen LogP contribution is 2.60. The van der Waals surface area contributed by atoms with Crippen molar-refractivity contribution in [1.82, 2.24) is 0 Å². The first-order valence-corrected chi connectivity index (χ1v) is 30.2. The van der Waals surface area contributed by atoms with Crippen LogP contribution in [-0.2, 0) is 55.2 Å². The fourth-order valence-electron chi connectivity index (χ4n) is 16.9. The lowest BCUT2D eigenvalue weighted by molar-refractivity contribution is 0.282. The zero-order valence-corrected chi connectivity index (χ0v) is 50.5. The second-order valence-electron chi connectivity index (χ2n) is 32.0. The molecule has 0 fully saturated rings. The molecule has 0 spiro atoms. The van der Waals surface area contributed by atoms with Gasteiger partial charge in [0.05, 0.1) is 17.0 Å². The molecule has 5 aromatic carbocycles. The van der Waals surface area contributed by atoms with Gasteiger partial charge in [0, 0.05) is 44.7 Å². The third-order valence-electron chi connectivity index (χ3n) is 22.6. The third kappa shape index (κ3) is 6.75. The van der Waals surface area contributed by atoms with E-state index in [2.05, 4.69) is 213 Å². The number of anilines is 6. The molecule has 0 radical (unpaired) electrons. The maximum Gasteiger partial charge on any atom is 0.297 e. The van der Waals surface area contributed by atoms with Crippen molar-refractivity contribution >= 4 is 69.1 Å². The van der Waals surface area contributed by atoms with E-state index in [-0.39, 0.29) is 55.4 Å². The van der Waals surface area contributed by atoms with Gasteiger partial charge in [0.15, 0.2) is 0 Å². The van der Waals surface area contributed by atoms with E-state index in [4.69, 9.17) is 4.42 Å². The lowest BCUT2D eigenvalue weighted by Gasteiger charge is -2.50. The maximum absolute atomic E-state index is 8.02. The average molecular weight is 1020 g/mol. The molecule has 1 unspecified atom stereocenters. The van der Waals surface area contributed by atoms with Crippen LogP contribution in [0.15, 0.2) is 77.2 Å². The van der Waals surface area contributed by atoms with Crippen molar-refractivity contribution in [2.75, 3.05) is 9.80 Å². The summed E-state index contributed by atoms with van der Waals surface area (Å²) in [6.45, 7) is 44.9. The molecule has 5 aliphatic carbocycles. The van der Waals surface area contributed by atoms with E-state index >= 15 is 0 Å². The number of hydrogen-bond donors (Lipinski definition) is 0. The minimum atomic E-state index is -0.161. The molecule has 6 aromatic rings. The second-order valence-corrected chi connectivity index (χ2v) is 32.0. The van der Waals surface area contributed by atoms with Crippen LogP contribution in [0.5, 0.6) is 0 Å². The largest absolute Gasteiger partial charge is 0.472 e. The summed E-state index contributed by atoms with van der Waals surface area (Å²) in [6, 6.07) is 31.2. The van der Waals surface area contributed by atoms with Gasteiger partial charge in [-0.05, 0) is 217 Å². The molecule has 6 bridgehead atoms. The Kier molecular flexibility index (Phi) is 9.85. The van der Waals surface area contributed by atoms with E-state index in [1.54, 1.807) is 5.56 Å². The summed E-state index contributed by atoms with van der Waals surface area (Å²) in [4.78, 5) is 5.61. The molecule has 4 aliphatic heterocycles. The summed E-state index contributed by atoms with van der Waals surface area (Å²) < 4.78 is 8.02. The van der Waals surface area contributed by atoms with Crippen molar-refractivity contribution in [2.45, 2.75) is 238 Å². The summed E-state index contributed by atoms with van der Waals surface area (Å²) in [7, 11) is 0. The highest BCUT2D eigenvalue weighted by molar-refractivity contribution is 6.99. The number of fused-ring (bicyclic) bond motifs is 8. The predicted octanol–water partition coefficient (Wildman–Crippen LogP) is 17.9. The Morgan fingerprint density at radius 1 is 0.481 bits per heavy atom. The van der Waals surface area contributed by atoms with Gasteiger partial charge in [-0.15, -0.1) is 0 Å². The summed E-state index contributed by atoms with van der Waals surface area (Å²) in [6.07, 6.45) is 13.9. The van der Waals surface area contributed by atoms with Crippen molar-refractivity contribution in [2.24, 2.45) is 0 Å². The van der Waals surface area contributed by atoms with Gasteiger partial charge >= 0.3 is 0 Å². The van der Waals surface area contributed by atoms with Crippen LogP contribution in [0.25, 0.3) is 11.6 Å². The van der Waals surface area contributed by atoms with Crippen LogP contribution in [0, 0.1) is 0 Å². The van der Waals surface area contributed by atoms with Crippen molar-refractivity contribution < 1.29 is 4.42 Å². The van der Waals surface area contributed by atoms with E-state index in [9.17, 15) is 0 Å². The number of rotatable bonds is 1. The number of furan rings is 1. The first-order valence-electron chi connectivity index (χ1n) is 30.2. The molecule has 9 aliphatic rings. The summed E-state index contributed by atoms with van der Waals surface area (Å²) >= 11 is 0. The van der Waals surface area contributed by atoms with Gasteiger partial charge in [0.1, 0.15) is 5.76 Å². The number of hydrogen-bond acceptors (Lipinski definition) is 3. The van der Waals surface area contributed by atoms with Crippen LogP contribution in [0.4, 0.5) is 34.1 Å². The highest BCUT2D eigenvalue weighted by Gasteiger charge is 2.55. The van der Waals surface area contributed by atoms with Gasteiger partial charge in [-0.2, -0.15) is 0 Å². The molecule has 1 atom stereocenters. The Balaban J connectivity index is 1.18. The van der Waals surface area contributed by atoms with Gasteiger partial charge in [-0.3, -0.25) is 0 Å². The summed E-state index contributed by atoms with van der Waals surface area (Å²) in [5, 5.41) is 0. The zero-order chi connectivity index (χ0) is 54.5. The minimum Gasteiger partial charge on any atom is -0.472 e. The smallest absolute Gasteiger partial charge is 0.297 e. The summed E-state index contributed by atoms with van der Waals surface area (Å²) in [5.41, 5.74) is 30.7. The molecule has 15 rings (SSSR count). The van der Waals surface area contributed by atoms with E-state index in [0.29, 0.717) is 0 Å². The third-order valence-corrected chi connectivity index (χ3v) is 22.6. The van der Waals surface area contributed by atoms with Crippen LogP contribution in [0.3, 0.4) is 0 Å². The normalized spacial score (nSPS) is 24.2. The maximum atomic E-state index is 8.02. The van der Waals surface area contributed by atoms with Crippen molar-refractivity contribution in [3.8, 4) is 0 Å². The Bertz CT molecular complexity index is 3650. The topological polar surface area (TPSA) is 19.6 Å². The van der Waals surface area contributed by atoms with Crippen molar-refractivity contribution in [3.63, 3.8) is 0 Å². The van der Waals surface area contributed by atoms with Crippen LogP contribution >= 0.6 is 0 Å². The molecular formula is C73H87BN2O. The predicted molar refractivity (Wildman–Crippen MR) is 329 cm³/mol. The fraction of sp³-hybridized carbons (Fsp3) is 0.507. The average Bonchev–Trinajstić information content (AvgIpc) is 3.79. The van der Waals surface area contributed by atoms with Gasteiger partial charge in [0.25, 0.3) is 6.71 Å². The minimum absolute atomic E-state index is 0.0195. The first-order chi connectivity index (χ1) is 35.8. The molecule has 77 heavy (non-hydrogen) atoms. The Morgan fingerprint density at radius 2 is 1.04 bits per heavy atom. The quantitative estimate of drug-likeness (QED) is 0.153.